The monoisotopic (exact) mass is 498 g/mol. The molecule has 0 aromatic heterocycles. The minimum Gasteiger partial charge on any atom is -0.455 e. The molecule has 14 heteroatoms. The molecule has 7 atom stereocenters. The van der Waals surface area contributed by atoms with Crippen molar-refractivity contribution in [3.8, 4) is 0 Å². The maximum atomic E-state index is 13.5. The van der Waals surface area contributed by atoms with Crippen molar-refractivity contribution in [1.82, 2.24) is 0 Å². The first-order chi connectivity index (χ1) is 15.3. The Morgan fingerprint density at radius 2 is 1.79 bits per heavy atom. The Hall–Kier alpha value is -1.90. The molecule has 4 rings (SSSR count). The molecule has 2 bridgehead atoms. The molecule has 33 heavy (non-hydrogen) atoms. The van der Waals surface area contributed by atoms with Gasteiger partial charge in [0.2, 0.25) is 0 Å². The summed E-state index contributed by atoms with van der Waals surface area (Å²) < 4.78 is 77.8. The van der Waals surface area contributed by atoms with Gasteiger partial charge in [-0.15, -0.1) is 0 Å². The van der Waals surface area contributed by atoms with Crippen molar-refractivity contribution < 1.29 is 60.2 Å². The fourth-order valence-electron chi connectivity index (χ4n) is 5.37. The van der Waals surface area contributed by atoms with Gasteiger partial charge < -0.3 is 24.1 Å². The van der Waals surface area contributed by atoms with E-state index in [0.717, 1.165) is 12.8 Å². The molecule has 11 nitrogen and oxygen atoms in total. The first-order valence-corrected chi connectivity index (χ1v) is 12.0. The van der Waals surface area contributed by atoms with E-state index in [2.05, 4.69) is 4.74 Å². The summed E-state index contributed by atoms with van der Waals surface area (Å²) in [6, 6.07) is 0. The highest BCUT2D eigenvalue weighted by Gasteiger charge is 2.73. The predicted octanol–water partition coefficient (Wildman–Crippen LogP) is 0.335. The van der Waals surface area contributed by atoms with Crippen LogP contribution in [0.3, 0.4) is 0 Å². The molecule has 0 aromatic carbocycles. The van der Waals surface area contributed by atoms with Crippen LogP contribution in [-0.4, -0.2) is 77.4 Å². The number of halogens is 2. The fraction of sp³-hybridized carbons (Fsp3) is 0.842. The van der Waals surface area contributed by atoms with Crippen LogP contribution in [0.25, 0.3) is 0 Å². The number of hydrogen-bond acceptors (Lipinski definition) is 10. The highest BCUT2D eigenvalue weighted by molar-refractivity contribution is 7.86. The molecule has 0 aromatic rings. The normalized spacial score (nSPS) is 35.4. The predicted molar refractivity (Wildman–Crippen MR) is 100 cm³/mol. The Labute approximate surface area is 187 Å². The zero-order valence-electron chi connectivity index (χ0n) is 17.5. The maximum Gasteiger partial charge on any atom is 0.405 e. The number of ether oxygens (including phenoxy) is 4. The summed E-state index contributed by atoms with van der Waals surface area (Å²) >= 11 is 0. The van der Waals surface area contributed by atoms with Crippen LogP contribution in [0.2, 0.25) is 0 Å². The summed E-state index contributed by atoms with van der Waals surface area (Å²) in [6.45, 7) is 0.579. The Kier molecular flexibility index (Phi) is 5.95. The van der Waals surface area contributed by atoms with Crippen LogP contribution in [-0.2, 0) is 43.4 Å². The van der Waals surface area contributed by atoms with Gasteiger partial charge in [0.15, 0.2) is 18.3 Å². The van der Waals surface area contributed by atoms with E-state index in [1.807, 2.05) is 0 Å². The lowest BCUT2D eigenvalue weighted by molar-refractivity contribution is -0.167. The number of rotatable bonds is 8. The fourth-order valence-corrected chi connectivity index (χ4v) is 5.84. The van der Waals surface area contributed by atoms with Gasteiger partial charge in [-0.25, -0.2) is 0 Å². The highest BCUT2D eigenvalue weighted by Crippen LogP contribution is 2.57. The van der Waals surface area contributed by atoms with E-state index in [9.17, 15) is 36.7 Å². The second-order valence-electron chi connectivity index (χ2n) is 8.95. The SMILES string of the molecule is CC(OC(=O)CCC(=O)OC1C2OC(=O)C3C2OC1C3C1(O)CCCC1)C(F)(F)S(=O)(=O)O. The quantitative estimate of drug-likeness (QED) is 0.269. The van der Waals surface area contributed by atoms with Crippen LogP contribution < -0.4 is 0 Å². The molecule has 4 aliphatic rings. The van der Waals surface area contributed by atoms with E-state index >= 15 is 0 Å². The molecule has 3 saturated heterocycles. The molecule has 0 amide bonds. The van der Waals surface area contributed by atoms with E-state index in [4.69, 9.17) is 18.8 Å². The topological polar surface area (TPSA) is 163 Å². The third kappa shape index (κ3) is 4.00. The van der Waals surface area contributed by atoms with Crippen molar-refractivity contribution in [2.45, 2.75) is 86.8 Å². The van der Waals surface area contributed by atoms with E-state index in [-0.39, 0.29) is 0 Å². The molecule has 3 aliphatic heterocycles. The summed E-state index contributed by atoms with van der Waals surface area (Å²) in [5.41, 5.74) is -1.14. The average Bonchev–Trinajstić information content (AvgIpc) is 3.43. The highest BCUT2D eigenvalue weighted by atomic mass is 32.2. The molecular formula is C19H24F2O11S. The van der Waals surface area contributed by atoms with Crippen LogP contribution in [0.1, 0.15) is 45.4 Å². The van der Waals surface area contributed by atoms with Crippen molar-refractivity contribution >= 4 is 28.0 Å². The number of esters is 3. The smallest absolute Gasteiger partial charge is 0.405 e. The minimum atomic E-state index is -5.80. The van der Waals surface area contributed by atoms with Gasteiger partial charge in [0.05, 0.1) is 24.4 Å². The van der Waals surface area contributed by atoms with Crippen molar-refractivity contribution in [3.63, 3.8) is 0 Å². The lowest BCUT2D eigenvalue weighted by Crippen LogP contribution is -2.53. The van der Waals surface area contributed by atoms with Crippen molar-refractivity contribution in [2.75, 3.05) is 0 Å². The van der Waals surface area contributed by atoms with Gasteiger partial charge in [-0.3, -0.25) is 18.9 Å². The standard InChI is InChI=1S/C19H24F2O11S/c1-8(19(20,21)33(26,27)28)29-9(22)4-5-10(23)30-16-14-12(18(25)6-2-3-7-18)11-13(31-14)15(16)32-17(11)24/h8,11-16,25H,2-7H2,1H3,(H,26,27,28). The lowest BCUT2D eigenvalue weighted by Gasteiger charge is -2.37. The number of fused-ring (bicyclic) bond motifs is 1. The molecule has 1 saturated carbocycles. The zero-order chi connectivity index (χ0) is 24.3. The van der Waals surface area contributed by atoms with Gasteiger partial charge in [-0.1, -0.05) is 12.8 Å². The Balaban J connectivity index is 1.35. The summed E-state index contributed by atoms with van der Waals surface area (Å²) in [5.74, 6) is -3.98. The van der Waals surface area contributed by atoms with Crippen LogP contribution in [0.15, 0.2) is 0 Å². The van der Waals surface area contributed by atoms with Crippen LogP contribution in [0.4, 0.5) is 8.78 Å². The molecule has 7 unspecified atom stereocenters. The number of carbonyl (C=O) groups excluding carboxylic acids is 3. The van der Waals surface area contributed by atoms with Gasteiger partial charge in [0.25, 0.3) is 0 Å². The second-order valence-corrected chi connectivity index (χ2v) is 10.4. The van der Waals surface area contributed by atoms with Crippen molar-refractivity contribution in [2.24, 2.45) is 11.8 Å². The first-order valence-electron chi connectivity index (χ1n) is 10.6. The number of hydrogen-bond donors (Lipinski definition) is 2. The third-order valence-electron chi connectivity index (χ3n) is 6.92. The maximum absolute atomic E-state index is 13.5. The molecule has 4 fully saturated rings. The summed E-state index contributed by atoms with van der Waals surface area (Å²) in [4.78, 5) is 36.4. The molecule has 1 aliphatic carbocycles. The van der Waals surface area contributed by atoms with E-state index in [1.165, 1.54) is 0 Å². The van der Waals surface area contributed by atoms with Crippen LogP contribution in [0.5, 0.6) is 0 Å². The van der Waals surface area contributed by atoms with Crippen LogP contribution in [0, 0.1) is 11.8 Å². The van der Waals surface area contributed by atoms with E-state index in [1.54, 1.807) is 0 Å². The molecule has 2 N–H and O–H groups in total. The Morgan fingerprint density at radius 3 is 2.39 bits per heavy atom. The van der Waals surface area contributed by atoms with Crippen LogP contribution >= 0.6 is 0 Å². The van der Waals surface area contributed by atoms with Gasteiger partial charge in [0.1, 0.15) is 12.2 Å². The van der Waals surface area contributed by atoms with Gasteiger partial charge >= 0.3 is 33.3 Å². The zero-order valence-corrected chi connectivity index (χ0v) is 18.3. The number of carbonyl (C=O) groups is 3. The largest absolute Gasteiger partial charge is 0.455 e. The first kappa shape index (κ1) is 24.2. The second kappa shape index (κ2) is 8.10. The minimum absolute atomic E-state index is 0.484. The van der Waals surface area contributed by atoms with E-state index < -0.39 is 94.1 Å². The van der Waals surface area contributed by atoms with Gasteiger partial charge in [-0.2, -0.15) is 17.2 Å². The van der Waals surface area contributed by atoms with E-state index in [0.29, 0.717) is 19.8 Å². The number of alkyl halides is 2. The van der Waals surface area contributed by atoms with Crippen molar-refractivity contribution in [3.05, 3.63) is 0 Å². The average molecular weight is 498 g/mol. The van der Waals surface area contributed by atoms with Crippen molar-refractivity contribution in [1.29, 1.82) is 0 Å². The summed E-state index contributed by atoms with van der Waals surface area (Å²) in [5, 5.41) is 6.35. The summed E-state index contributed by atoms with van der Waals surface area (Å²) in [7, 11) is -5.80. The molecule has 186 valence electrons. The summed E-state index contributed by atoms with van der Waals surface area (Å²) in [6.07, 6.45) is -4.46. The molecule has 3 heterocycles. The number of aliphatic hydroxyl groups is 1. The molecular weight excluding hydrogens is 474 g/mol. The van der Waals surface area contributed by atoms with Gasteiger partial charge in [0, 0.05) is 5.92 Å². The Bertz CT molecular complexity index is 945. The molecule has 0 spiro atoms. The van der Waals surface area contributed by atoms with Gasteiger partial charge in [-0.05, 0) is 19.8 Å². The lowest BCUT2D eigenvalue weighted by atomic mass is 9.69. The third-order valence-corrected chi connectivity index (χ3v) is 7.94. The molecule has 0 radical (unpaired) electrons. The Morgan fingerprint density at radius 1 is 1.18 bits per heavy atom.